The largest absolute Gasteiger partial charge is 0.375 e. The molecule has 1 N–H and O–H groups in total. The number of hydrogen-bond acceptors (Lipinski definition) is 4. The number of carbonyl (C=O) groups excluding carboxylic acids is 3. The van der Waals surface area contributed by atoms with Gasteiger partial charge in [-0.2, -0.15) is 0 Å². The molecule has 5 heteroatoms. The maximum Gasteiger partial charge on any atom is 0.250 e. The highest BCUT2D eigenvalue weighted by molar-refractivity contribution is 6.28. The van der Waals surface area contributed by atoms with Crippen molar-refractivity contribution < 1.29 is 19.1 Å². The first-order chi connectivity index (χ1) is 10.6. The Balaban J connectivity index is 2.01. The number of nitrogens with one attached hydrogen (secondary N) is 1. The van der Waals surface area contributed by atoms with Crippen molar-refractivity contribution in [2.24, 2.45) is 0 Å². The first-order valence-corrected chi connectivity index (χ1v) is 6.73. The fraction of sp³-hybridized carbons (Fsp3) is 0.118. The van der Waals surface area contributed by atoms with Crippen molar-refractivity contribution in [3.63, 3.8) is 0 Å². The van der Waals surface area contributed by atoms with Gasteiger partial charge in [-0.25, -0.2) is 0 Å². The monoisotopic (exact) mass is 295 g/mol. The molecule has 5 nitrogen and oxygen atoms in total. The summed E-state index contributed by atoms with van der Waals surface area (Å²) in [6, 6.07) is 11.4. The lowest BCUT2D eigenvalue weighted by molar-refractivity contribution is -0.119. The number of carbonyl (C=O) groups is 3. The van der Waals surface area contributed by atoms with Gasteiger partial charge < -0.3 is 10.1 Å². The Kier molecular flexibility index (Phi) is 3.56. The standard InChI is InChI=1S/C17H13NO4/c1-22-9-15(19)18-10-6-7-13-14(8-10)17(21)12-5-3-2-4-11(12)16(13)20/h2-8H,9H2,1H3,(H,18,19). The smallest absolute Gasteiger partial charge is 0.250 e. The molecule has 110 valence electrons. The van der Waals surface area contributed by atoms with Gasteiger partial charge in [0.25, 0.3) is 0 Å². The summed E-state index contributed by atoms with van der Waals surface area (Å²) in [5, 5.41) is 2.62. The zero-order valence-electron chi connectivity index (χ0n) is 11.9. The second kappa shape index (κ2) is 5.54. The van der Waals surface area contributed by atoms with Gasteiger partial charge >= 0.3 is 0 Å². The zero-order chi connectivity index (χ0) is 15.7. The minimum atomic E-state index is -0.322. The zero-order valence-corrected chi connectivity index (χ0v) is 11.9. The first-order valence-electron chi connectivity index (χ1n) is 6.73. The minimum absolute atomic E-state index is 0.0766. The average Bonchev–Trinajstić information content (AvgIpc) is 2.53. The summed E-state index contributed by atoms with van der Waals surface area (Å²) in [7, 11) is 1.42. The molecule has 0 heterocycles. The van der Waals surface area contributed by atoms with Gasteiger partial charge in [-0.1, -0.05) is 24.3 Å². The Morgan fingerprint density at radius 1 is 0.955 bits per heavy atom. The molecule has 0 atom stereocenters. The molecule has 2 aromatic rings. The van der Waals surface area contributed by atoms with Gasteiger partial charge in [0.15, 0.2) is 11.6 Å². The van der Waals surface area contributed by atoms with Gasteiger partial charge in [-0.05, 0) is 18.2 Å². The molecule has 2 aromatic carbocycles. The number of ether oxygens (including phenoxy) is 1. The number of fused-ring (bicyclic) bond motifs is 2. The highest BCUT2D eigenvalue weighted by Crippen LogP contribution is 2.29. The molecule has 0 aromatic heterocycles. The number of amides is 1. The van der Waals surface area contributed by atoms with Crippen LogP contribution < -0.4 is 5.32 Å². The normalized spacial score (nSPS) is 12.6. The summed E-state index contributed by atoms with van der Waals surface area (Å²) in [6.45, 7) is -0.0766. The Morgan fingerprint density at radius 3 is 2.18 bits per heavy atom. The third-order valence-electron chi connectivity index (χ3n) is 3.48. The number of hydrogen-bond donors (Lipinski definition) is 1. The van der Waals surface area contributed by atoms with E-state index in [0.29, 0.717) is 27.9 Å². The Morgan fingerprint density at radius 2 is 1.55 bits per heavy atom. The van der Waals surface area contributed by atoms with Crippen LogP contribution in [-0.2, 0) is 9.53 Å². The van der Waals surface area contributed by atoms with Gasteiger partial charge in [-0.3, -0.25) is 14.4 Å². The predicted molar refractivity (Wildman–Crippen MR) is 80.3 cm³/mol. The molecule has 0 bridgehead atoms. The molecule has 22 heavy (non-hydrogen) atoms. The molecule has 1 amide bonds. The average molecular weight is 295 g/mol. The van der Waals surface area contributed by atoms with E-state index >= 15 is 0 Å². The van der Waals surface area contributed by atoms with Crippen LogP contribution in [0.2, 0.25) is 0 Å². The lowest BCUT2D eigenvalue weighted by atomic mass is 9.84. The fourth-order valence-corrected chi connectivity index (χ4v) is 2.51. The van der Waals surface area contributed by atoms with Crippen LogP contribution in [0, 0.1) is 0 Å². The SMILES string of the molecule is COCC(=O)Nc1ccc2c(c1)C(=O)c1ccccc1C2=O. The van der Waals surface area contributed by atoms with Crippen LogP contribution in [0.25, 0.3) is 0 Å². The first kappa shape index (κ1) is 14.2. The maximum atomic E-state index is 12.5. The predicted octanol–water partition coefficient (Wildman–Crippen LogP) is 2.05. The van der Waals surface area contributed by atoms with Crippen LogP contribution >= 0.6 is 0 Å². The van der Waals surface area contributed by atoms with Crippen LogP contribution in [0.15, 0.2) is 42.5 Å². The van der Waals surface area contributed by atoms with Crippen LogP contribution in [0.4, 0.5) is 5.69 Å². The molecule has 0 saturated carbocycles. The van der Waals surface area contributed by atoms with Crippen molar-refractivity contribution in [1.29, 1.82) is 0 Å². The van der Waals surface area contributed by atoms with E-state index in [4.69, 9.17) is 4.74 Å². The lowest BCUT2D eigenvalue weighted by Crippen LogP contribution is -2.22. The van der Waals surface area contributed by atoms with E-state index in [1.54, 1.807) is 36.4 Å². The molecule has 0 spiro atoms. The Hall–Kier alpha value is -2.79. The summed E-state index contributed by atoms with van der Waals surface area (Å²) < 4.78 is 4.74. The molecule has 0 aliphatic heterocycles. The van der Waals surface area contributed by atoms with E-state index in [9.17, 15) is 14.4 Å². The molecule has 3 rings (SSSR count). The second-order valence-corrected chi connectivity index (χ2v) is 4.95. The summed E-state index contributed by atoms with van der Waals surface area (Å²) in [5.74, 6) is -0.717. The van der Waals surface area contributed by atoms with E-state index in [1.807, 2.05) is 0 Å². The highest BCUT2D eigenvalue weighted by atomic mass is 16.5. The number of rotatable bonds is 3. The van der Waals surface area contributed by atoms with Gasteiger partial charge in [-0.15, -0.1) is 0 Å². The molecule has 1 aliphatic rings. The Labute approximate surface area is 126 Å². The maximum absolute atomic E-state index is 12.5. The van der Waals surface area contributed by atoms with Gasteiger partial charge in [0, 0.05) is 35.1 Å². The molecule has 0 fully saturated rings. The van der Waals surface area contributed by atoms with Crippen LogP contribution in [0.5, 0.6) is 0 Å². The summed E-state index contributed by atoms with van der Waals surface area (Å²) in [4.78, 5) is 36.5. The molecular weight excluding hydrogens is 282 g/mol. The Bertz CT molecular complexity index is 795. The summed E-state index contributed by atoms with van der Waals surface area (Å²) in [6.07, 6.45) is 0. The molecule has 0 unspecified atom stereocenters. The van der Waals surface area contributed by atoms with Crippen molar-refractivity contribution in [3.8, 4) is 0 Å². The molecular formula is C17H13NO4. The van der Waals surface area contributed by atoms with E-state index in [-0.39, 0.29) is 24.1 Å². The lowest BCUT2D eigenvalue weighted by Gasteiger charge is -2.18. The molecule has 1 aliphatic carbocycles. The highest BCUT2D eigenvalue weighted by Gasteiger charge is 2.29. The quantitative estimate of drug-likeness (QED) is 0.802. The second-order valence-electron chi connectivity index (χ2n) is 4.95. The van der Waals surface area contributed by atoms with Crippen molar-refractivity contribution >= 4 is 23.2 Å². The van der Waals surface area contributed by atoms with E-state index in [0.717, 1.165) is 0 Å². The topological polar surface area (TPSA) is 72.5 Å². The third kappa shape index (κ3) is 2.31. The third-order valence-corrected chi connectivity index (χ3v) is 3.48. The van der Waals surface area contributed by atoms with Crippen molar-refractivity contribution in [2.45, 2.75) is 0 Å². The van der Waals surface area contributed by atoms with Gasteiger partial charge in [0.05, 0.1) is 0 Å². The number of ketones is 2. The molecule has 0 saturated heterocycles. The summed E-state index contributed by atoms with van der Waals surface area (Å²) in [5.41, 5.74) is 1.92. The van der Waals surface area contributed by atoms with Crippen LogP contribution in [0.1, 0.15) is 31.8 Å². The summed E-state index contributed by atoms with van der Waals surface area (Å²) >= 11 is 0. The van der Waals surface area contributed by atoms with Crippen LogP contribution in [0.3, 0.4) is 0 Å². The van der Waals surface area contributed by atoms with Crippen molar-refractivity contribution in [3.05, 3.63) is 64.7 Å². The van der Waals surface area contributed by atoms with Crippen LogP contribution in [-0.4, -0.2) is 31.2 Å². The fourth-order valence-electron chi connectivity index (χ4n) is 2.51. The number of anilines is 1. The van der Waals surface area contributed by atoms with E-state index in [2.05, 4.69) is 5.32 Å². The van der Waals surface area contributed by atoms with E-state index in [1.165, 1.54) is 13.2 Å². The van der Waals surface area contributed by atoms with Gasteiger partial charge in [0.2, 0.25) is 5.91 Å². The van der Waals surface area contributed by atoms with Crippen molar-refractivity contribution in [1.82, 2.24) is 0 Å². The van der Waals surface area contributed by atoms with Crippen molar-refractivity contribution in [2.75, 3.05) is 19.0 Å². The minimum Gasteiger partial charge on any atom is -0.375 e. The molecule has 0 radical (unpaired) electrons. The number of methoxy groups -OCH3 is 1. The number of benzene rings is 2. The van der Waals surface area contributed by atoms with Gasteiger partial charge in [0.1, 0.15) is 6.61 Å². The van der Waals surface area contributed by atoms with E-state index < -0.39 is 0 Å².